The highest BCUT2D eigenvalue weighted by Gasteiger charge is 2.11. The van der Waals surface area contributed by atoms with Crippen LogP contribution in [-0.4, -0.2) is 21.7 Å². The molecule has 0 fully saturated rings. The molecule has 0 saturated carbocycles. The van der Waals surface area contributed by atoms with Crippen LogP contribution in [0.5, 0.6) is 5.88 Å². The summed E-state index contributed by atoms with van der Waals surface area (Å²) >= 11 is 0. The maximum Gasteiger partial charge on any atom is 0.213 e. The molecule has 0 aliphatic carbocycles. The van der Waals surface area contributed by atoms with Gasteiger partial charge < -0.3 is 15.0 Å². The first-order chi connectivity index (χ1) is 14.2. The van der Waals surface area contributed by atoms with Crippen LogP contribution in [-0.2, 0) is 12.8 Å². The van der Waals surface area contributed by atoms with Gasteiger partial charge in [-0.1, -0.05) is 17.3 Å². The molecular weight excluding hydrogens is 371 g/mol. The van der Waals surface area contributed by atoms with Gasteiger partial charge in [-0.05, 0) is 41.5 Å². The lowest BCUT2D eigenvalue weighted by atomic mass is 10.1. The number of nitrogens with zero attached hydrogens (tertiary/aromatic N) is 3. The van der Waals surface area contributed by atoms with E-state index in [1.165, 1.54) is 12.1 Å². The molecule has 7 heteroatoms. The Morgan fingerprint density at radius 1 is 0.966 bits per heavy atom. The molecule has 0 radical (unpaired) electrons. The Bertz CT molecular complexity index is 1110. The molecule has 0 aliphatic heterocycles. The van der Waals surface area contributed by atoms with Crippen LogP contribution >= 0.6 is 0 Å². The van der Waals surface area contributed by atoms with Crippen molar-refractivity contribution >= 4 is 5.82 Å². The average molecular weight is 390 g/mol. The summed E-state index contributed by atoms with van der Waals surface area (Å²) in [5.74, 6) is 1.24. The van der Waals surface area contributed by atoms with Gasteiger partial charge in [-0.25, -0.2) is 14.4 Å². The first-order valence-corrected chi connectivity index (χ1v) is 9.16. The number of nitrogen functional groups attached to an aromatic ring is 1. The minimum atomic E-state index is -0.248. The van der Waals surface area contributed by atoms with Crippen molar-refractivity contribution < 1.29 is 13.7 Å². The number of benzene rings is 1. The van der Waals surface area contributed by atoms with E-state index >= 15 is 0 Å². The zero-order chi connectivity index (χ0) is 20.1. The van der Waals surface area contributed by atoms with E-state index in [1.807, 2.05) is 30.3 Å². The van der Waals surface area contributed by atoms with E-state index < -0.39 is 0 Å². The van der Waals surface area contributed by atoms with Crippen molar-refractivity contribution in [3.05, 3.63) is 89.6 Å². The number of pyridine rings is 2. The number of anilines is 1. The molecule has 29 heavy (non-hydrogen) atoms. The van der Waals surface area contributed by atoms with Crippen molar-refractivity contribution in [2.75, 3.05) is 12.3 Å². The molecular formula is C22H19FN4O2. The van der Waals surface area contributed by atoms with E-state index in [9.17, 15) is 4.39 Å². The SMILES string of the molecule is Nc1ncccc1-c1cc(Cc2ccnc(OCCc3cccc(F)c3)c2)no1. The van der Waals surface area contributed by atoms with Gasteiger partial charge in [-0.3, -0.25) is 0 Å². The number of nitrogens with two attached hydrogens (primary N) is 1. The number of hydrogen-bond acceptors (Lipinski definition) is 6. The molecule has 0 aliphatic rings. The van der Waals surface area contributed by atoms with E-state index in [4.69, 9.17) is 15.0 Å². The molecule has 0 bridgehead atoms. The summed E-state index contributed by atoms with van der Waals surface area (Å²) in [6, 6.07) is 15.7. The topological polar surface area (TPSA) is 87.1 Å². The van der Waals surface area contributed by atoms with Crippen LogP contribution in [0.3, 0.4) is 0 Å². The van der Waals surface area contributed by atoms with Gasteiger partial charge >= 0.3 is 0 Å². The highest BCUT2D eigenvalue weighted by Crippen LogP contribution is 2.25. The molecule has 1 aromatic carbocycles. The lowest BCUT2D eigenvalue weighted by molar-refractivity contribution is 0.309. The molecule has 0 unspecified atom stereocenters. The Kier molecular flexibility index (Phi) is 5.47. The van der Waals surface area contributed by atoms with Gasteiger partial charge in [0.1, 0.15) is 11.6 Å². The quantitative estimate of drug-likeness (QED) is 0.512. The van der Waals surface area contributed by atoms with E-state index in [1.54, 1.807) is 24.5 Å². The fraction of sp³-hybridized carbons (Fsp3) is 0.136. The molecule has 3 heterocycles. The Labute approximate surface area is 167 Å². The minimum absolute atomic E-state index is 0.248. The third-order valence-electron chi connectivity index (χ3n) is 4.38. The largest absolute Gasteiger partial charge is 0.477 e. The molecule has 0 spiro atoms. The van der Waals surface area contributed by atoms with Crippen LogP contribution in [0.4, 0.5) is 10.2 Å². The third-order valence-corrected chi connectivity index (χ3v) is 4.38. The van der Waals surface area contributed by atoms with Gasteiger partial charge in [-0.15, -0.1) is 0 Å². The van der Waals surface area contributed by atoms with E-state index in [0.29, 0.717) is 42.5 Å². The first kappa shape index (κ1) is 18.6. The van der Waals surface area contributed by atoms with Crippen LogP contribution in [0.1, 0.15) is 16.8 Å². The van der Waals surface area contributed by atoms with Crippen LogP contribution in [0.25, 0.3) is 11.3 Å². The van der Waals surface area contributed by atoms with Gasteiger partial charge in [0.2, 0.25) is 5.88 Å². The lowest BCUT2D eigenvalue weighted by Crippen LogP contribution is -2.03. The van der Waals surface area contributed by atoms with Gasteiger partial charge in [-0.2, -0.15) is 0 Å². The summed E-state index contributed by atoms with van der Waals surface area (Å²) in [6.07, 6.45) is 4.48. The number of rotatable bonds is 7. The van der Waals surface area contributed by atoms with Crippen molar-refractivity contribution in [1.29, 1.82) is 0 Å². The molecule has 0 saturated heterocycles. The maximum atomic E-state index is 13.2. The Morgan fingerprint density at radius 3 is 2.76 bits per heavy atom. The lowest BCUT2D eigenvalue weighted by Gasteiger charge is -2.07. The fourth-order valence-corrected chi connectivity index (χ4v) is 2.96. The van der Waals surface area contributed by atoms with Gasteiger partial charge in [0, 0.05) is 37.4 Å². The predicted octanol–water partition coefficient (Wildman–Crippen LogP) is 4.07. The smallest absolute Gasteiger partial charge is 0.213 e. The number of hydrogen-bond donors (Lipinski definition) is 1. The highest BCUT2D eigenvalue weighted by atomic mass is 19.1. The summed E-state index contributed by atoms with van der Waals surface area (Å²) in [4.78, 5) is 8.29. The second kappa shape index (κ2) is 8.52. The van der Waals surface area contributed by atoms with Gasteiger partial charge in [0.15, 0.2) is 5.76 Å². The van der Waals surface area contributed by atoms with E-state index in [-0.39, 0.29) is 5.82 Å². The van der Waals surface area contributed by atoms with E-state index in [0.717, 1.165) is 16.8 Å². The minimum Gasteiger partial charge on any atom is -0.477 e. The monoisotopic (exact) mass is 390 g/mol. The van der Waals surface area contributed by atoms with Crippen LogP contribution in [0.15, 0.2) is 71.5 Å². The molecule has 4 aromatic rings. The number of aromatic nitrogens is 3. The summed E-state index contributed by atoms with van der Waals surface area (Å²) < 4.78 is 24.4. The zero-order valence-corrected chi connectivity index (χ0v) is 15.6. The summed E-state index contributed by atoms with van der Waals surface area (Å²) in [5.41, 5.74) is 9.23. The van der Waals surface area contributed by atoms with Crippen molar-refractivity contribution in [3.63, 3.8) is 0 Å². The summed E-state index contributed by atoms with van der Waals surface area (Å²) in [7, 11) is 0. The van der Waals surface area contributed by atoms with Crippen molar-refractivity contribution in [2.24, 2.45) is 0 Å². The molecule has 6 nitrogen and oxygen atoms in total. The molecule has 2 N–H and O–H groups in total. The summed E-state index contributed by atoms with van der Waals surface area (Å²) in [5, 5.41) is 4.11. The molecule has 146 valence electrons. The standard InChI is InChI=1S/C22H19FN4O2/c23-17-4-1-3-15(11-17)7-10-28-21-13-16(6-9-25-21)12-18-14-20(29-27-18)19-5-2-8-26-22(19)24/h1-6,8-9,11,13-14H,7,10,12H2,(H2,24,26). The average Bonchev–Trinajstić information content (AvgIpc) is 3.17. The highest BCUT2D eigenvalue weighted by molar-refractivity contribution is 5.69. The maximum absolute atomic E-state index is 13.2. The zero-order valence-electron chi connectivity index (χ0n) is 15.6. The Hall–Kier alpha value is -3.74. The van der Waals surface area contributed by atoms with Crippen molar-refractivity contribution in [3.8, 4) is 17.2 Å². The Balaban J connectivity index is 1.38. The molecule has 4 rings (SSSR count). The second-order valence-electron chi connectivity index (χ2n) is 6.53. The second-order valence-corrected chi connectivity index (χ2v) is 6.53. The molecule has 0 amide bonds. The van der Waals surface area contributed by atoms with Gasteiger partial charge in [0.25, 0.3) is 0 Å². The first-order valence-electron chi connectivity index (χ1n) is 9.16. The predicted molar refractivity (Wildman–Crippen MR) is 107 cm³/mol. The molecule has 0 atom stereocenters. The number of halogens is 1. The normalized spacial score (nSPS) is 10.8. The Morgan fingerprint density at radius 2 is 1.90 bits per heavy atom. The van der Waals surface area contributed by atoms with Crippen LogP contribution in [0.2, 0.25) is 0 Å². The van der Waals surface area contributed by atoms with Crippen molar-refractivity contribution in [1.82, 2.24) is 15.1 Å². The van der Waals surface area contributed by atoms with Crippen molar-refractivity contribution in [2.45, 2.75) is 12.8 Å². The third kappa shape index (κ3) is 4.76. The van der Waals surface area contributed by atoms with E-state index in [2.05, 4.69) is 15.1 Å². The van der Waals surface area contributed by atoms with Crippen LogP contribution in [0, 0.1) is 5.82 Å². The molecule has 3 aromatic heterocycles. The fourth-order valence-electron chi connectivity index (χ4n) is 2.96. The number of ether oxygens (including phenoxy) is 1. The van der Waals surface area contributed by atoms with Gasteiger partial charge in [0.05, 0.1) is 17.9 Å². The van der Waals surface area contributed by atoms with Crippen LogP contribution < -0.4 is 10.5 Å². The summed E-state index contributed by atoms with van der Waals surface area (Å²) in [6.45, 7) is 0.411.